The fourth-order valence-corrected chi connectivity index (χ4v) is 2.51. The number of hydrogen-bond donors (Lipinski definition) is 2. The van der Waals surface area contributed by atoms with Gasteiger partial charge in [0.05, 0.1) is 11.9 Å². The van der Waals surface area contributed by atoms with Crippen molar-refractivity contribution in [2.24, 2.45) is 0 Å². The van der Waals surface area contributed by atoms with E-state index in [1.807, 2.05) is 38.2 Å². The third-order valence-corrected chi connectivity index (χ3v) is 4.33. The number of nitrogens with zero attached hydrogens (tertiary/aromatic N) is 5. The van der Waals surface area contributed by atoms with E-state index in [4.69, 9.17) is 10.2 Å². The first-order chi connectivity index (χ1) is 14.6. The monoisotopic (exact) mass is 556 g/mol. The van der Waals surface area contributed by atoms with E-state index in [0.717, 1.165) is 19.1 Å². The van der Waals surface area contributed by atoms with Gasteiger partial charge in [-0.05, 0) is 65.7 Å². The molecule has 0 amide bonds. The van der Waals surface area contributed by atoms with Gasteiger partial charge in [-0.1, -0.05) is 27.7 Å². The topological polar surface area (TPSA) is 77.2 Å². The first-order valence-electron chi connectivity index (χ1n) is 11.2. The average Bonchev–Trinajstić information content (AvgIpc) is 2.70. The molecule has 195 valence electrons. The average molecular weight is 556 g/mol. The Morgan fingerprint density at radius 2 is 1.79 bits per heavy atom. The predicted molar refractivity (Wildman–Crippen MR) is 142 cm³/mol. The van der Waals surface area contributed by atoms with Gasteiger partial charge in [0.1, 0.15) is 0 Å². The number of likely N-dealkylation sites (tertiary alicyclic amines) is 1. The molecule has 2 heterocycles. The van der Waals surface area contributed by atoms with Gasteiger partial charge in [0, 0.05) is 44.8 Å². The molecule has 0 spiro atoms. The van der Waals surface area contributed by atoms with E-state index >= 15 is 0 Å². The van der Waals surface area contributed by atoms with Crippen molar-refractivity contribution in [3.05, 3.63) is 41.7 Å². The number of aromatic nitrogens is 1. The van der Waals surface area contributed by atoms with Crippen LogP contribution in [0, 0.1) is 0 Å². The Labute approximate surface area is 218 Å². The summed E-state index contributed by atoms with van der Waals surface area (Å²) in [6.07, 6.45) is 7.01. The largest absolute Gasteiger partial charge is 3.00 e. The smallest absolute Gasteiger partial charge is 0.664 e. The molecule has 1 aromatic heterocycles. The summed E-state index contributed by atoms with van der Waals surface area (Å²) >= 11 is 0. The molecular formula is C25H52N5O2Ru+2. The van der Waals surface area contributed by atoms with Crippen molar-refractivity contribution in [2.45, 2.75) is 60.1 Å². The maximum Gasteiger partial charge on any atom is 3.00 e. The molecule has 1 aliphatic rings. The molecule has 2 rings (SSSR count). The minimum Gasteiger partial charge on any atom is -0.664 e. The van der Waals surface area contributed by atoms with E-state index in [1.165, 1.54) is 44.6 Å². The predicted octanol–water partition coefficient (Wildman–Crippen LogP) is 4.65. The molecule has 0 bridgehead atoms. The number of aliphatic hydroxyl groups excluding tert-OH is 2. The van der Waals surface area contributed by atoms with Crippen molar-refractivity contribution in [1.29, 1.82) is 0 Å². The fourth-order valence-electron chi connectivity index (χ4n) is 2.51. The van der Waals surface area contributed by atoms with Crippen LogP contribution in [0.3, 0.4) is 0 Å². The summed E-state index contributed by atoms with van der Waals surface area (Å²) in [5.74, 6) is 0.162. The van der Waals surface area contributed by atoms with Crippen LogP contribution in [0.5, 0.6) is 0 Å². The van der Waals surface area contributed by atoms with E-state index in [1.54, 1.807) is 19.3 Å². The van der Waals surface area contributed by atoms with Gasteiger partial charge in [0.15, 0.2) is 0 Å². The van der Waals surface area contributed by atoms with Gasteiger partial charge in [-0.25, -0.2) is 0 Å². The van der Waals surface area contributed by atoms with Crippen LogP contribution in [-0.2, 0) is 19.5 Å². The Kier molecular flexibility index (Phi) is 30.4. The zero-order chi connectivity index (χ0) is 24.2. The van der Waals surface area contributed by atoms with Crippen LogP contribution in [-0.4, -0.2) is 98.6 Å². The maximum absolute atomic E-state index is 8.49. The molecule has 0 aromatic carbocycles. The van der Waals surface area contributed by atoms with Gasteiger partial charge in [-0.15, -0.1) is 6.54 Å². The number of anilines is 1. The van der Waals surface area contributed by atoms with Crippen LogP contribution in [0.1, 0.15) is 48.0 Å². The first-order valence-corrected chi connectivity index (χ1v) is 11.2. The van der Waals surface area contributed by atoms with Gasteiger partial charge in [0.25, 0.3) is 0 Å². The van der Waals surface area contributed by atoms with Crippen molar-refractivity contribution in [1.82, 2.24) is 14.8 Å². The first kappa shape index (κ1) is 39.2. The minimum absolute atomic E-state index is 0. The van der Waals surface area contributed by atoms with Crippen molar-refractivity contribution in [3.8, 4) is 0 Å². The van der Waals surface area contributed by atoms with Gasteiger partial charge >= 0.3 is 19.5 Å². The third kappa shape index (κ3) is 25.4. The Hall–Kier alpha value is -1.05. The molecule has 2 N–H and O–H groups in total. The summed E-state index contributed by atoms with van der Waals surface area (Å²) in [6, 6.07) is 4.74. The van der Waals surface area contributed by atoms with Crippen LogP contribution >= 0.6 is 0 Å². The van der Waals surface area contributed by atoms with E-state index in [2.05, 4.69) is 48.0 Å². The quantitative estimate of drug-likeness (QED) is 0.377. The summed E-state index contributed by atoms with van der Waals surface area (Å²) < 4.78 is 0. The van der Waals surface area contributed by atoms with Crippen molar-refractivity contribution in [3.63, 3.8) is 0 Å². The summed E-state index contributed by atoms with van der Waals surface area (Å²) in [4.78, 5) is 10.7. The fraction of sp³-hybridized carbons (Fsp3) is 0.720. The van der Waals surface area contributed by atoms with E-state index in [0.29, 0.717) is 0 Å². The van der Waals surface area contributed by atoms with Gasteiger partial charge < -0.3 is 30.2 Å². The molecule has 0 saturated carbocycles. The minimum atomic E-state index is -0.537. The van der Waals surface area contributed by atoms with Crippen LogP contribution in [0.25, 0.3) is 5.32 Å². The van der Waals surface area contributed by atoms with Crippen LogP contribution in [0.2, 0.25) is 0 Å². The molecule has 8 heteroatoms. The van der Waals surface area contributed by atoms with E-state index in [9.17, 15) is 0 Å². The molecule has 2 atom stereocenters. The summed E-state index contributed by atoms with van der Waals surface area (Å²) in [5.41, 5.74) is 1.19. The third-order valence-electron chi connectivity index (χ3n) is 4.33. The molecule has 1 fully saturated rings. The summed E-state index contributed by atoms with van der Waals surface area (Å²) in [5, 5.41) is 21.0. The van der Waals surface area contributed by atoms with Crippen molar-refractivity contribution >= 4 is 5.69 Å². The Morgan fingerprint density at radius 3 is 2.03 bits per heavy atom. The van der Waals surface area contributed by atoms with E-state index in [-0.39, 0.29) is 32.7 Å². The number of rotatable bonds is 7. The standard InChI is InChI=1S/C9H20N3.C7H10N2.C5H10O2.C3H8.CH4.Ru/c1-10-5-7-11(2)8-9-4-6-12(9)3;1-9(2)7-3-5-8-6-4-7;1-4(6)3-5(2)7;1-3-2;;/h9H,4-8H2,1-3H3;3-6H,1-2H3;3-4,6-7H,1-2H3;3H2,1-2H3;1H4;/q-1;;;;;+3. The molecule has 2 unspecified atom stereocenters. The summed E-state index contributed by atoms with van der Waals surface area (Å²) in [6.45, 7) is 11.9. The molecule has 7 nitrogen and oxygen atoms in total. The van der Waals surface area contributed by atoms with Crippen LogP contribution in [0.15, 0.2) is 36.4 Å². The maximum atomic E-state index is 8.49. The SMILES string of the molecule is C.CC(O)=CC(C)O.CCC.CN(C)c1ccncc1.C[N-]CCN(C)CC1CCN1C.[Ru+3]. The van der Waals surface area contributed by atoms with Crippen molar-refractivity contribution in [2.75, 3.05) is 66.3 Å². The molecular weight excluding hydrogens is 503 g/mol. The molecule has 1 radical (unpaired) electrons. The molecule has 1 aliphatic heterocycles. The van der Waals surface area contributed by atoms with Gasteiger partial charge in [-0.2, -0.15) is 7.05 Å². The zero-order valence-electron chi connectivity index (χ0n) is 21.8. The van der Waals surface area contributed by atoms with Crippen LogP contribution in [0.4, 0.5) is 5.69 Å². The van der Waals surface area contributed by atoms with Gasteiger partial charge in [-0.3, -0.25) is 4.98 Å². The number of pyridine rings is 1. The number of allylic oxidation sites excluding steroid dienone is 1. The second-order valence-corrected chi connectivity index (χ2v) is 8.08. The molecule has 1 saturated heterocycles. The normalized spacial score (nSPS) is 15.5. The molecule has 33 heavy (non-hydrogen) atoms. The second-order valence-electron chi connectivity index (χ2n) is 8.08. The van der Waals surface area contributed by atoms with Gasteiger partial charge in [0.2, 0.25) is 0 Å². The Bertz CT molecular complexity index is 541. The zero-order valence-corrected chi connectivity index (χ0v) is 23.5. The number of likely N-dealkylation sites (N-methyl/N-ethyl adjacent to an activating group) is 3. The molecule has 0 aliphatic carbocycles. The summed E-state index contributed by atoms with van der Waals surface area (Å²) in [7, 11) is 10.3. The van der Waals surface area contributed by atoms with E-state index < -0.39 is 6.10 Å². The second kappa shape index (κ2) is 25.6. The van der Waals surface area contributed by atoms with Crippen LogP contribution < -0.4 is 4.90 Å². The Morgan fingerprint density at radius 1 is 1.27 bits per heavy atom. The Balaban J connectivity index is -0.000000180. The number of aliphatic hydroxyl groups is 2. The number of hydrogen-bond acceptors (Lipinski definition) is 6. The van der Waals surface area contributed by atoms with Crippen molar-refractivity contribution < 1.29 is 29.7 Å². The molecule has 1 aromatic rings.